The van der Waals surface area contributed by atoms with Gasteiger partial charge in [0.25, 0.3) is 5.91 Å². The van der Waals surface area contributed by atoms with E-state index in [9.17, 15) is 14.0 Å². The van der Waals surface area contributed by atoms with Crippen LogP contribution in [-0.2, 0) is 11.2 Å². The second-order valence-electron chi connectivity index (χ2n) is 6.62. The van der Waals surface area contributed by atoms with Crippen molar-refractivity contribution < 1.29 is 18.7 Å². The first kappa shape index (κ1) is 19.4. The van der Waals surface area contributed by atoms with Crippen molar-refractivity contribution in [2.24, 2.45) is 5.73 Å². The molecule has 4 N–H and O–H groups in total. The van der Waals surface area contributed by atoms with Crippen LogP contribution in [0.5, 0.6) is 5.75 Å². The van der Waals surface area contributed by atoms with E-state index in [1.807, 2.05) is 13.8 Å². The van der Waals surface area contributed by atoms with Crippen LogP contribution in [0.2, 0.25) is 0 Å². The molecule has 0 saturated heterocycles. The van der Waals surface area contributed by atoms with Crippen molar-refractivity contribution in [3.63, 3.8) is 0 Å². The zero-order valence-corrected chi connectivity index (χ0v) is 15.8. The van der Waals surface area contributed by atoms with Crippen molar-refractivity contribution in [3.8, 4) is 5.75 Å². The lowest BCUT2D eigenvalue weighted by Crippen LogP contribution is -2.30. The molecule has 2 aromatic carbocycles. The molecule has 0 aliphatic heterocycles. The Morgan fingerprint density at radius 1 is 1.14 bits per heavy atom. The number of aryl methyl sites for hydroxylation is 2. The van der Waals surface area contributed by atoms with E-state index in [0.717, 1.165) is 22.2 Å². The molecule has 0 unspecified atom stereocenters. The molecule has 6 nitrogen and oxygen atoms in total. The van der Waals surface area contributed by atoms with Crippen molar-refractivity contribution >= 4 is 22.7 Å². The number of rotatable bonds is 7. The minimum Gasteiger partial charge on any atom is -0.484 e. The third-order valence-electron chi connectivity index (χ3n) is 4.64. The van der Waals surface area contributed by atoms with E-state index >= 15 is 0 Å². The molecule has 0 saturated carbocycles. The number of nitrogens with two attached hydrogens (primary N) is 1. The molecular weight excluding hydrogens is 361 g/mol. The van der Waals surface area contributed by atoms with Crippen molar-refractivity contribution in [1.29, 1.82) is 0 Å². The maximum atomic E-state index is 14.0. The quantitative estimate of drug-likeness (QED) is 0.585. The van der Waals surface area contributed by atoms with Crippen LogP contribution in [0.15, 0.2) is 36.4 Å². The van der Waals surface area contributed by atoms with Gasteiger partial charge in [-0.3, -0.25) is 9.59 Å². The van der Waals surface area contributed by atoms with Crippen molar-refractivity contribution in [2.45, 2.75) is 20.3 Å². The molecule has 0 atom stereocenters. The molecule has 3 rings (SSSR count). The second kappa shape index (κ2) is 8.12. The highest BCUT2D eigenvalue weighted by molar-refractivity contribution is 5.92. The van der Waals surface area contributed by atoms with E-state index < -0.39 is 5.91 Å². The maximum Gasteiger partial charge on any atom is 0.257 e. The van der Waals surface area contributed by atoms with Gasteiger partial charge in [-0.05, 0) is 61.7 Å². The van der Waals surface area contributed by atoms with Crippen LogP contribution in [0, 0.1) is 19.7 Å². The lowest BCUT2D eigenvalue weighted by Gasteiger charge is -2.09. The Morgan fingerprint density at radius 3 is 2.54 bits per heavy atom. The number of carbonyl (C=O) groups excluding carboxylic acids is 2. The van der Waals surface area contributed by atoms with Gasteiger partial charge in [-0.25, -0.2) is 4.39 Å². The number of aromatic nitrogens is 1. The number of H-pyrrole nitrogens is 1. The number of carbonyl (C=O) groups is 2. The van der Waals surface area contributed by atoms with Crippen LogP contribution < -0.4 is 15.8 Å². The minimum absolute atomic E-state index is 0.142. The molecule has 3 aromatic rings. The van der Waals surface area contributed by atoms with E-state index in [2.05, 4.69) is 10.3 Å². The molecule has 0 bridgehead atoms. The number of benzene rings is 2. The highest BCUT2D eigenvalue weighted by Crippen LogP contribution is 2.27. The molecule has 146 valence electrons. The number of hydrogen-bond donors (Lipinski definition) is 3. The fraction of sp³-hybridized carbons (Fsp3) is 0.238. The van der Waals surface area contributed by atoms with Gasteiger partial charge in [0.2, 0.25) is 5.91 Å². The van der Waals surface area contributed by atoms with Gasteiger partial charge < -0.3 is 20.8 Å². The van der Waals surface area contributed by atoms with Gasteiger partial charge in [0.15, 0.2) is 6.61 Å². The average Bonchev–Trinajstić information content (AvgIpc) is 3.01. The van der Waals surface area contributed by atoms with Crippen molar-refractivity contribution in [1.82, 2.24) is 10.3 Å². The van der Waals surface area contributed by atoms with Crippen molar-refractivity contribution in [3.05, 3.63) is 64.6 Å². The van der Waals surface area contributed by atoms with Gasteiger partial charge in [0, 0.05) is 23.2 Å². The Morgan fingerprint density at radius 2 is 1.86 bits per heavy atom. The molecular formula is C21H22FN3O3. The fourth-order valence-electron chi connectivity index (χ4n) is 3.20. The van der Waals surface area contributed by atoms with Crippen LogP contribution in [0.1, 0.15) is 27.2 Å². The van der Waals surface area contributed by atoms with Gasteiger partial charge >= 0.3 is 0 Å². The number of ether oxygens (including phenoxy) is 1. The zero-order chi connectivity index (χ0) is 20.3. The number of halogens is 1. The average molecular weight is 383 g/mol. The van der Waals surface area contributed by atoms with Gasteiger partial charge in [0.05, 0.1) is 5.52 Å². The summed E-state index contributed by atoms with van der Waals surface area (Å²) in [6.45, 7) is 4.10. The topological polar surface area (TPSA) is 97.2 Å². The molecule has 0 spiro atoms. The molecule has 7 heteroatoms. The number of primary amides is 1. The first-order valence-electron chi connectivity index (χ1n) is 8.92. The summed E-state index contributed by atoms with van der Waals surface area (Å²) in [6, 6.07) is 9.45. The Bertz CT molecular complexity index is 1030. The lowest BCUT2D eigenvalue weighted by atomic mass is 10.0. The van der Waals surface area contributed by atoms with Crippen molar-refractivity contribution in [2.75, 3.05) is 13.2 Å². The zero-order valence-electron chi connectivity index (χ0n) is 15.8. The first-order valence-corrected chi connectivity index (χ1v) is 8.92. The predicted molar refractivity (Wildman–Crippen MR) is 105 cm³/mol. The van der Waals surface area contributed by atoms with Crippen LogP contribution in [0.25, 0.3) is 10.9 Å². The summed E-state index contributed by atoms with van der Waals surface area (Å²) < 4.78 is 19.4. The molecule has 28 heavy (non-hydrogen) atoms. The third-order valence-corrected chi connectivity index (χ3v) is 4.64. The maximum absolute atomic E-state index is 14.0. The summed E-state index contributed by atoms with van der Waals surface area (Å²) in [6.07, 6.45) is 0.579. The molecule has 1 heterocycles. The normalized spacial score (nSPS) is 10.8. The van der Waals surface area contributed by atoms with E-state index in [0.29, 0.717) is 29.8 Å². The molecule has 0 aliphatic rings. The van der Waals surface area contributed by atoms with Gasteiger partial charge in [-0.15, -0.1) is 0 Å². The van der Waals surface area contributed by atoms with Crippen LogP contribution >= 0.6 is 0 Å². The summed E-state index contributed by atoms with van der Waals surface area (Å²) in [4.78, 5) is 26.1. The van der Waals surface area contributed by atoms with Gasteiger partial charge in [-0.2, -0.15) is 0 Å². The molecule has 1 aromatic heterocycles. The molecule has 0 aliphatic carbocycles. The highest BCUT2D eigenvalue weighted by Gasteiger charge is 2.14. The standard InChI is InChI=1S/C21H22FN3O3/c1-12-3-8-17(22)20-19(12)16(13(2)25-20)9-10-24-18(26)11-28-15-6-4-14(5-7-15)21(23)27/h3-8,25H,9-11H2,1-2H3,(H2,23,27)(H,24,26). The SMILES string of the molecule is Cc1[nH]c2c(F)ccc(C)c2c1CCNC(=O)COc1ccc(C(N)=O)cc1. The number of hydrogen-bond acceptors (Lipinski definition) is 3. The fourth-order valence-corrected chi connectivity index (χ4v) is 3.20. The second-order valence-corrected chi connectivity index (χ2v) is 6.62. The first-order chi connectivity index (χ1) is 13.4. The number of aromatic amines is 1. The molecule has 2 amide bonds. The molecule has 0 fully saturated rings. The summed E-state index contributed by atoms with van der Waals surface area (Å²) in [5.74, 6) is -0.597. The summed E-state index contributed by atoms with van der Waals surface area (Å²) >= 11 is 0. The predicted octanol–water partition coefficient (Wildman–Crippen LogP) is 2.76. The third kappa shape index (κ3) is 4.14. The summed E-state index contributed by atoms with van der Waals surface area (Å²) in [5, 5.41) is 3.67. The number of amides is 2. The number of fused-ring (bicyclic) bond motifs is 1. The van der Waals surface area contributed by atoms with E-state index in [4.69, 9.17) is 10.5 Å². The van der Waals surface area contributed by atoms with E-state index in [1.165, 1.54) is 18.2 Å². The van der Waals surface area contributed by atoms with Gasteiger partial charge in [-0.1, -0.05) is 6.07 Å². The van der Waals surface area contributed by atoms with E-state index in [-0.39, 0.29) is 18.3 Å². The van der Waals surface area contributed by atoms with Crippen LogP contribution in [0.3, 0.4) is 0 Å². The highest BCUT2D eigenvalue weighted by atomic mass is 19.1. The minimum atomic E-state index is -0.521. The number of nitrogens with one attached hydrogen (secondary N) is 2. The summed E-state index contributed by atoms with van der Waals surface area (Å²) in [5.41, 5.74) is 8.93. The monoisotopic (exact) mass is 383 g/mol. The van der Waals surface area contributed by atoms with Gasteiger partial charge in [0.1, 0.15) is 11.6 Å². The lowest BCUT2D eigenvalue weighted by molar-refractivity contribution is -0.123. The molecule has 0 radical (unpaired) electrons. The smallest absolute Gasteiger partial charge is 0.257 e. The Labute approximate surface area is 161 Å². The Hall–Kier alpha value is -3.35. The Balaban J connectivity index is 1.54. The van der Waals surface area contributed by atoms with Crippen LogP contribution in [-0.4, -0.2) is 29.9 Å². The van der Waals surface area contributed by atoms with E-state index in [1.54, 1.807) is 18.2 Å². The largest absolute Gasteiger partial charge is 0.484 e. The summed E-state index contributed by atoms with van der Waals surface area (Å²) in [7, 11) is 0. The Kier molecular flexibility index (Phi) is 5.63. The van der Waals surface area contributed by atoms with Crippen LogP contribution in [0.4, 0.5) is 4.39 Å².